The fourth-order valence-electron chi connectivity index (χ4n) is 2.42. The number of halogens is 1. The third-order valence-electron chi connectivity index (χ3n) is 3.38. The minimum Gasteiger partial charge on any atom is -0.362 e. The van der Waals surface area contributed by atoms with Crippen LogP contribution in [0.2, 0.25) is 5.02 Å². The molecule has 3 rings (SSSR count). The smallest absolute Gasteiger partial charge is 0.128 e. The van der Waals surface area contributed by atoms with Crippen LogP contribution >= 0.6 is 11.6 Å². The molecule has 0 saturated carbocycles. The van der Waals surface area contributed by atoms with E-state index in [1.54, 1.807) is 0 Å². The molecule has 0 saturated heterocycles. The highest BCUT2D eigenvalue weighted by Crippen LogP contribution is 2.29. The Hall–Kier alpha value is -1.52. The van der Waals surface area contributed by atoms with Gasteiger partial charge in [-0.3, -0.25) is 0 Å². The lowest BCUT2D eigenvalue weighted by Gasteiger charge is -2.31. The van der Waals surface area contributed by atoms with Crippen LogP contribution in [0.3, 0.4) is 0 Å². The van der Waals surface area contributed by atoms with Crippen molar-refractivity contribution >= 4 is 17.3 Å². The van der Waals surface area contributed by atoms with Gasteiger partial charge >= 0.3 is 0 Å². The van der Waals surface area contributed by atoms with E-state index < -0.39 is 0 Å². The molecule has 0 bridgehead atoms. The van der Waals surface area contributed by atoms with Crippen molar-refractivity contribution in [3.63, 3.8) is 0 Å². The normalized spacial score (nSPS) is 14.7. The molecule has 0 unspecified atom stereocenters. The van der Waals surface area contributed by atoms with E-state index in [-0.39, 0.29) is 0 Å². The van der Waals surface area contributed by atoms with Gasteiger partial charge in [0.2, 0.25) is 0 Å². The molecule has 1 aromatic carbocycles. The summed E-state index contributed by atoms with van der Waals surface area (Å²) in [6, 6.07) is 5.93. The predicted molar refractivity (Wildman–Crippen MR) is 72.6 cm³/mol. The van der Waals surface area contributed by atoms with Crippen LogP contribution in [0.15, 0.2) is 30.6 Å². The van der Waals surface area contributed by atoms with Crippen molar-refractivity contribution < 1.29 is 0 Å². The number of aromatic nitrogens is 2. The van der Waals surface area contributed by atoms with Gasteiger partial charge < -0.3 is 15.2 Å². The fourth-order valence-corrected chi connectivity index (χ4v) is 2.67. The van der Waals surface area contributed by atoms with Crippen LogP contribution < -0.4 is 10.6 Å². The highest BCUT2D eigenvalue weighted by atomic mass is 35.5. The highest BCUT2D eigenvalue weighted by Gasteiger charge is 2.19. The van der Waals surface area contributed by atoms with Crippen LogP contribution in [0, 0.1) is 0 Å². The second-order valence-electron chi connectivity index (χ2n) is 4.40. The zero-order valence-electron chi connectivity index (χ0n) is 10.0. The molecule has 0 amide bonds. The van der Waals surface area contributed by atoms with Crippen molar-refractivity contribution in [1.82, 2.24) is 9.55 Å². The molecule has 1 aliphatic heterocycles. The largest absolute Gasteiger partial charge is 0.362 e. The molecule has 2 heterocycles. The summed E-state index contributed by atoms with van der Waals surface area (Å²) in [4.78, 5) is 6.66. The summed E-state index contributed by atoms with van der Waals surface area (Å²) in [5, 5.41) is 0.740. The lowest BCUT2D eigenvalue weighted by Crippen LogP contribution is -2.34. The molecule has 0 fully saturated rings. The average Bonchev–Trinajstić information content (AvgIpc) is 2.85. The minimum absolute atomic E-state index is 0.458. The number of benzene rings is 1. The number of imidazole rings is 1. The molecule has 1 aliphatic rings. The number of fused-ring (bicyclic) bond motifs is 1. The number of hydrogen-bond acceptors (Lipinski definition) is 3. The van der Waals surface area contributed by atoms with Crippen LogP contribution in [-0.2, 0) is 19.6 Å². The van der Waals surface area contributed by atoms with E-state index in [0.29, 0.717) is 6.54 Å². The monoisotopic (exact) mass is 262 g/mol. The van der Waals surface area contributed by atoms with Gasteiger partial charge in [-0.25, -0.2) is 4.98 Å². The molecule has 4 nitrogen and oxygen atoms in total. The van der Waals surface area contributed by atoms with Crippen LogP contribution in [0.5, 0.6) is 0 Å². The first-order valence-corrected chi connectivity index (χ1v) is 6.40. The Morgan fingerprint density at radius 1 is 1.33 bits per heavy atom. The molecular formula is C13H15ClN4. The van der Waals surface area contributed by atoms with Gasteiger partial charge in [0.05, 0.1) is 6.54 Å². The highest BCUT2D eigenvalue weighted by molar-refractivity contribution is 6.31. The lowest BCUT2D eigenvalue weighted by atomic mass is 10.1. The Labute approximate surface area is 111 Å². The third-order valence-corrected chi connectivity index (χ3v) is 3.74. The first-order chi connectivity index (χ1) is 8.79. The summed E-state index contributed by atoms with van der Waals surface area (Å²) < 4.78 is 2.18. The van der Waals surface area contributed by atoms with E-state index in [2.05, 4.69) is 20.5 Å². The van der Waals surface area contributed by atoms with Crippen LogP contribution in [0.1, 0.15) is 11.4 Å². The maximum atomic E-state index is 6.20. The molecule has 0 aliphatic carbocycles. The molecule has 5 heteroatoms. The summed E-state index contributed by atoms with van der Waals surface area (Å²) in [6.45, 7) is 3.17. The van der Waals surface area contributed by atoms with Crippen molar-refractivity contribution in [2.45, 2.75) is 19.6 Å². The average molecular weight is 263 g/mol. The molecule has 1 aromatic heterocycles. The van der Waals surface area contributed by atoms with Crippen LogP contribution in [0.25, 0.3) is 0 Å². The molecule has 0 spiro atoms. The Kier molecular flexibility index (Phi) is 2.97. The quantitative estimate of drug-likeness (QED) is 0.901. The van der Waals surface area contributed by atoms with Crippen molar-refractivity contribution in [1.29, 1.82) is 0 Å². The fraction of sp³-hybridized carbons (Fsp3) is 0.308. The number of anilines is 1. The molecule has 18 heavy (non-hydrogen) atoms. The molecule has 94 valence electrons. The van der Waals surface area contributed by atoms with Crippen molar-refractivity contribution in [2.24, 2.45) is 5.73 Å². The van der Waals surface area contributed by atoms with Gasteiger partial charge in [0.1, 0.15) is 5.82 Å². The summed E-state index contributed by atoms with van der Waals surface area (Å²) in [7, 11) is 0. The summed E-state index contributed by atoms with van der Waals surface area (Å²) in [5.74, 6) is 1.09. The molecule has 2 N–H and O–H groups in total. The Morgan fingerprint density at radius 3 is 3.06 bits per heavy atom. The van der Waals surface area contributed by atoms with Crippen molar-refractivity contribution in [3.8, 4) is 0 Å². The lowest BCUT2D eigenvalue weighted by molar-refractivity contribution is 0.559. The maximum Gasteiger partial charge on any atom is 0.128 e. The van der Waals surface area contributed by atoms with E-state index in [9.17, 15) is 0 Å². The second kappa shape index (κ2) is 4.63. The van der Waals surface area contributed by atoms with Gasteiger partial charge in [-0.2, -0.15) is 0 Å². The van der Waals surface area contributed by atoms with Crippen molar-refractivity contribution in [3.05, 3.63) is 47.0 Å². The summed E-state index contributed by atoms with van der Waals surface area (Å²) in [5.41, 5.74) is 7.94. The van der Waals surface area contributed by atoms with Gasteiger partial charge in [0, 0.05) is 48.3 Å². The second-order valence-corrected chi connectivity index (χ2v) is 4.81. The van der Waals surface area contributed by atoms with Crippen molar-refractivity contribution in [2.75, 3.05) is 11.4 Å². The predicted octanol–water partition coefficient (Wildman–Crippen LogP) is 2.02. The molecule has 2 aromatic rings. The Bertz CT molecular complexity index is 564. The topological polar surface area (TPSA) is 47.1 Å². The zero-order chi connectivity index (χ0) is 12.5. The van der Waals surface area contributed by atoms with Gasteiger partial charge in [-0.1, -0.05) is 17.7 Å². The van der Waals surface area contributed by atoms with Gasteiger partial charge in [-0.15, -0.1) is 0 Å². The SMILES string of the molecule is NCc1c(Cl)cccc1N1CCn2ccnc2C1. The molecule has 0 radical (unpaired) electrons. The standard InChI is InChI=1S/C13H15ClN4/c14-11-2-1-3-12(10(11)8-15)18-7-6-17-5-4-16-13(17)9-18/h1-5H,6-9,15H2. The summed E-state index contributed by atoms with van der Waals surface area (Å²) in [6.07, 6.45) is 3.87. The number of hydrogen-bond donors (Lipinski definition) is 1. The maximum absolute atomic E-state index is 6.20. The van der Waals surface area contributed by atoms with E-state index in [1.165, 1.54) is 0 Å². The van der Waals surface area contributed by atoms with E-state index in [4.69, 9.17) is 17.3 Å². The number of rotatable bonds is 2. The molecular weight excluding hydrogens is 248 g/mol. The van der Waals surface area contributed by atoms with Gasteiger partial charge in [0.15, 0.2) is 0 Å². The summed E-state index contributed by atoms with van der Waals surface area (Å²) >= 11 is 6.20. The van der Waals surface area contributed by atoms with E-state index in [1.807, 2.05) is 24.5 Å². The van der Waals surface area contributed by atoms with E-state index in [0.717, 1.165) is 41.7 Å². The van der Waals surface area contributed by atoms with Gasteiger partial charge in [-0.05, 0) is 12.1 Å². The third kappa shape index (κ3) is 1.87. The van der Waals surface area contributed by atoms with Crippen LogP contribution in [0.4, 0.5) is 5.69 Å². The number of nitrogens with zero attached hydrogens (tertiary/aromatic N) is 3. The molecule has 0 atom stereocenters. The minimum atomic E-state index is 0.458. The first-order valence-electron chi connectivity index (χ1n) is 6.02. The van der Waals surface area contributed by atoms with Gasteiger partial charge in [0.25, 0.3) is 0 Å². The zero-order valence-corrected chi connectivity index (χ0v) is 10.8. The number of nitrogens with two attached hydrogens (primary N) is 1. The van der Waals surface area contributed by atoms with E-state index >= 15 is 0 Å². The van der Waals surface area contributed by atoms with Crippen LogP contribution in [-0.4, -0.2) is 16.1 Å². The Morgan fingerprint density at radius 2 is 2.22 bits per heavy atom. The first kappa shape index (κ1) is 11.6. The Balaban J connectivity index is 1.95.